The second-order valence-corrected chi connectivity index (χ2v) is 2.08. The van der Waals surface area contributed by atoms with Gasteiger partial charge in [0, 0.05) is 19.7 Å². The predicted octanol–water partition coefficient (Wildman–Crippen LogP) is -0.932. The monoisotopic (exact) mass is 144 g/mol. The van der Waals surface area contributed by atoms with Gasteiger partial charge in [0.05, 0.1) is 0 Å². The fraction of sp³-hybridized carbons (Fsp3) is 0.833. The molecule has 1 amide bonds. The summed E-state index contributed by atoms with van der Waals surface area (Å²) in [6.07, 6.45) is -0.432. The largest absolute Gasteiger partial charge is 0.354 e. The number of piperazine rings is 1. The summed E-state index contributed by atoms with van der Waals surface area (Å²) in [6.45, 7) is 3.91. The number of hydrogen-bond donors (Lipinski definition) is 2. The van der Waals surface area contributed by atoms with E-state index in [1.165, 1.54) is 0 Å². The van der Waals surface area contributed by atoms with Crippen LogP contribution in [0.15, 0.2) is 0 Å². The van der Waals surface area contributed by atoms with Gasteiger partial charge in [0.1, 0.15) is 0 Å². The van der Waals surface area contributed by atoms with Gasteiger partial charge in [-0.2, -0.15) is 0 Å². The van der Waals surface area contributed by atoms with Crippen molar-refractivity contribution in [3.05, 3.63) is 0 Å². The Hall–Kier alpha value is -0.610. The summed E-state index contributed by atoms with van der Waals surface area (Å²) in [6, 6.07) is 0. The number of carbonyl (C=O) groups is 1. The maximum absolute atomic E-state index is 10.9. The van der Waals surface area contributed by atoms with E-state index in [2.05, 4.69) is 10.6 Å². The van der Waals surface area contributed by atoms with Gasteiger partial charge in [0.2, 0.25) is 0 Å². The van der Waals surface area contributed by atoms with Gasteiger partial charge in [-0.15, -0.1) is 0 Å². The Balaban J connectivity index is 2.32. The molecule has 4 nitrogen and oxygen atoms in total. The van der Waals surface area contributed by atoms with Crippen LogP contribution in [0.1, 0.15) is 6.92 Å². The summed E-state index contributed by atoms with van der Waals surface area (Å²) in [5.74, 6) is -0.0619. The van der Waals surface area contributed by atoms with Crippen LogP contribution in [0.2, 0.25) is 0 Å². The number of rotatable bonds is 2. The molecule has 0 saturated carbocycles. The third-order valence-corrected chi connectivity index (χ3v) is 1.33. The average molecular weight is 144 g/mol. The van der Waals surface area contributed by atoms with Crippen LogP contribution >= 0.6 is 0 Å². The first-order valence-corrected chi connectivity index (χ1v) is 3.47. The van der Waals surface area contributed by atoms with E-state index in [0.29, 0.717) is 13.2 Å². The fourth-order valence-electron chi connectivity index (χ4n) is 0.876. The van der Waals surface area contributed by atoms with E-state index in [0.717, 1.165) is 6.54 Å². The molecule has 1 unspecified atom stereocenters. The molecule has 1 heterocycles. The molecule has 0 aromatic heterocycles. The molecule has 1 aliphatic heterocycles. The first-order valence-electron chi connectivity index (χ1n) is 3.47. The minimum atomic E-state index is -0.432. The molecule has 0 aromatic carbocycles. The highest BCUT2D eigenvalue weighted by molar-refractivity contribution is 5.80. The molecule has 10 heavy (non-hydrogen) atoms. The second kappa shape index (κ2) is 3.53. The van der Waals surface area contributed by atoms with Crippen LogP contribution in [0.5, 0.6) is 0 Å². The van der Waals surface area contributed by atoms with Crippen molar-refractivity contribution < 1.29 is 9.53 Å². The van der Waals surface area contributed by atoms with Crippen molar-refractivity contribution in [2.45, 2.75) is 13.2 Å². The summed E-state index contributed by atoms with van der Waals surface area (Å²) < 4.78 is 5.07. The zero-order valence-corrected chi connectivity index (χ0v) is 6.02. The molecule has 0 aromatic rings. The van der Waals surface area contributed by atoms with E-state index in [1.807, 2.05) is 6.92 Å². The molecule has 0 aliphatic carbocycles. The molecule has 1 saturated heterocycles. The van der Waals surface area contributed by atoms with E-state index in [-0.39, 0.29) is 5.91 Å². The van der Waals surface area contributed by atoms with Crippen molar-refractivity contribution in [1.82, 2.24) is 10.6 Å². The maximum Gasteiger partial charge on any atom is 0.264 e. The predicted molar refractivity (Wildman–Crippen MR) is 36.4 cm³/mol. The van der Waals surface area contributed by atoms with Gasteiger partial charge in [0.15, 0.2) is 6.23 Å². The number of ether oxygens (including phenoxy) is 1. The van der Waals surface area contributed by atoms with E-state index in [9.17, 15) is 4.79 Å². The lowest BCUT2D eigenvalue weighted by molar-refractivity contribution is -0.136. The Morgan fingerprint density at radius 2 is 2.50 bits per heavy atom. The highest BCUT2D eigenvalue weighted by atomic mass is 16.5. The van der Waals surface area contributed by atoms with Crippen LogP contribution in [0.25, 0.3) is 0 Å². The van der Waals surface area contributed by atoms with Crippen LogP contribution in [-0.2, 0) is 9.53 Å². The highest BCUT2D eigenvalue weighted by Gasteiger charge is 2.20. The number of hydrogen-bond acceptors (Lipinski definition) is 3. The van der Waals surface area contributed by atoms with Gasteiger partial charge < -0.3 is 10.1 Å². The quantitative estimate of drug-likeness (QED) is 0.526. The van der Waals surface area contributed by atoms with E-state index < -0.39 is 6.23 Å². The average Bonchev–Trinajstić information content (AvgIpc) is 1.94. The molecule has 1 atom stereocenters. The van der Waals surface area contributed by atoms with Gasteiger partial charge >= 0.3 is 0 Å². The third-order valence-electron chi connectivity index (χ3n) is 1.33. The lowest BCUT2D eigenvalue weighted by Gasteiger charge is -2.22. The van der Waals surface area contributed by atoms with Crippen molar-refractivity contribution in [2.75, 3.05) is 19.7 Å². The fourth-order valence-corrected chi connectivity index (χ4v) is 0.876. The molecule has 1 aliphatic rings. The van der Waals surface area contributed by atoms with Crippen LogP contribution < -0.4 is 10.6 Å². The van der Waals surface area contributed by atoms with Crippen molar-refractivity contribution >= 4 is 5.91 Å². The van der Waals surface area contributed by atoms with Gasteiger partial charge in [-0.05, 0) is 6.92 Å². The minimum Gasteiger partial charge on any atom is -0.354 e. The first kappa shape index (κ1) is 7.50. The van der Waals surface area contributed by atoms with Crippen molar-refractivity contribution in [2.24, 2.45) is 0 Å². The van der Waals surface area contributed by atoms with Gasteiger partial charge in [-0.25, -0.2) is 0 Å². The standard InChI is InChI=1S/C6H12N2O2/c1-2-10-6-5(9)7-3-4-8-6/h6,8H,2-4H2,1H3,(H,7,9). The molecule has 1 fully saturated rings. The Bertz CT molecular complexity index is 125. The van der Waals surface area contributed by atoms with E-state index in [4.69, 9.17) is 4.74 Å². The molecule has 2 N–H and O–H groups in total. The zero-order chi connectivity index (χ0) is 7.40. The molecule has 0 bridgehead atoms. The molecule has 58 valence electrons. The van der Waals surface area contributed by atoms with Crippen LogP contribution in [0, 0.1) is 0 Å². The summed E-state index contributed by atoms with van der Waals surface area (Å²) in [4.78, 5) is 10.9. The van der Waals surface area contributed by atoms with Crippen molar-refractivity contribution in [3.8, 4) is 0 Å². The van der Waals surface area contributed by atoms with Crippen molar-refractivity contribution in [3.63, 3.8) is 0 Å². The first-order chi connectivity index (χ1) is 4.84. The van der Waals surface area contributed by atoms with Crippen LogP contribution in [-0.4, -0.2) is 31.8 Å². The SMILES string of the molecule is CCOC1NCCNC1=O. The van der Waals surface area contributed by atoms with Crippen molar-refractivity contribution in [1.29, 1.82) is 0 Å². The van der Waals surface area contributed by atoms with Gasteiger partial charge in [0.25, 0.3) is 5.91 Å². The topological polar surface area (TPSA) is 50.4 Å². The lowest BCUT2D eigenvalue weighted by atomic mass is 10.4. The summed E-state index contributed by atoms with van der Waals surface area (Å²) in [5.41, 5.74) is 0. The lowest BCUT2D eigenvalue weighted by Crippen LogP contribution is -2.54. The number of amides is 1. The third kappa shape index (κ3) is 1.68. The Kier molecular flexibility index (Phi) is 2.65. The van der Waals surface area contributed by atoms with Gasteiger partial charge in [-0.3, -0.25) is 10.1 Å². The molecule has 0 spiro atoms. The van der Waals surface area contributed by atoms with Gasteiger partial charge in [-0.1, -0.05) is 0 Å². The van der Waals surface area contributed by atoms with Crippen LogP contribution in [0.4, 0.5) is 0 Å². The summed E-state index contributed by atoms with van der Waals surface area (Å²) in [5, 5.41) is 5.63. The molecule has 1 rings (SSSR count). The molecule has 4 heteroatoms. The number of nitrogens with one attached hydrogen (secondary N) is 2. The Labute approximate surface area is 59.9 Å². The molecular formula is C6H12N2O2. The van der Waals surface area contributed by atoms with Crippen LogP contribution in [0.3, 0.4) is 0 Å². The Morgan fingerprint density at radius 1 is 1.70 bits per heavy atom. The maximum atomic E-state index is 10.9. The minimum absolute atomic E-state index is 0.0619. The van der Waals surface area contributed by atoms with E-state index >= 15 is 0 Å². The summed E-state index contributed by atoms with van der Waals surface area (Å²) in [7, 11) is 0. The smallest absolute Gasteiger partial charge is 0.264 e. The second-order valence-electron chi connectivity index (χ2n) is 2.08. The summed E-state index contributed by atoms with van der Waals surface area (Å²) >= 11 is 0. The zero-order valence-electron chi connectivity index (χ0n) is 6.02. The van der Waals surface area contributed by atoms with E-state index in [1.54, 1.807) is 0 Å². The number of carbonyl (C=O) groups excluding carboxylic acids is 1. The Morgan fingerprint density at radius 3 is 3.10 bits per heavy atom. The highest BCUT2D eigenvalue weighted by Crippen LogP contribution is 1.90. The molecule has 0 radical (unpaired) electrons. The molecular weight excluding hydrogens is 132 g/mol. The normalized spacial score (nSPS) is 26.1.